The normalized spacial score (nSPS) is 16.1. The molecule has 1 aromatic carbocycles. The highest BCUT2D eigenvalue weighted by atomic mass is 35.5. The summed E-state index contributed by atoms with van der Waals surface area (Å²) in [5.74, 6) is -0.0287. The fourth-order valence-electron chi connectivity index (χ4n) is 3.56. The smallest absolute Gasteiger partial charge is 0.245 e. The lowest BCUT2D eigenvalue weighted by molar-refractivity contribution is -0.125. The first kappa shape index (κ1) is 20.5. The first-order valence-electron chi connectivity index (χ1n) is 9.38. The molecule has 0 radical (unpaired) electrons. The zero-order valence-electron chi connectivity index (χ0n) is 15.9. The summed E-state index contributed by atoms with van der Waals surface area (Å²) < 4.78 is 14.4. The van der Waals surface area contributed by atoms with Crippen LogP contribution in [0, 0.1) is 11.7 Å². The minimum atomic E-state index is -0.662. The van der Waals surface area contributed by atoms with Crippen LogP contribution in [0.25, 0.3) is 11.0 Å². The minimum Gasteiger partial charge on any atom is -0.339 e. The van der Waals surface area contributed by atoms with Gasteiger partial charge in [-0.05, 0) is 49.1 Å². The van der Waals surface area contributed by atoms with Crippen molar-refractivity contribution in [2.24, 2.45) is 5.92 Å². The molecule has 1 unspecified atom stereocenters. The molecule has 4 rings (SSSR count). The molecule has 3 aromatic rings. The highest BCUT2D eigenvalue weighted by Crippen LogP contribution is 2.32. The van der Waals surface area contributed by atoms with Gasteiger partial charge in [0.05, 0.1) is 21.2 Å². The fourth-order valence-corrected chi connectivity index (χ4v) is 3.87. The van der Waals surface area contributed by atoms with Crippen LogP contribution >= 0.6 is 23.2 Å². The quantitative estimate of drug-likeness (QED) is 0.451. The van der Waals surface area contributed by atoms with Crippen molar-refractivity contribution in [2.75, 3.05) is 18.4 Å². The lowest BCUT2D eigenvalue weighted by Gasteiger charge is -2.14. The lowest BCUT2D eigenvalue weighted by Crippen LogP contribution is -2.26. The number of halogens is 3. The van der Waals surface area contributed by atoms with E-state index in [1.807, 2.05) is 12.1 Å². The van der Waals surface area contributed by atoms with E-state index in [0.29, 0.717) is 35.7 Å². The predicted octanol–water partition coefficient (Wildman–Crippen LogP) is 4.79. The third-order valence-corrected chi connectivity index (χ3v) is 5.88. The van der Waals surface area contributed by atoms with Gasteiger partial charge in [0.2, 0.25) is 5.91 Å². The summed E-state index contributed by atoms with van der Waals surface area (Å²) in [7, 11) is 0. The van der Waals surface area contributed by atoms with Crippen molar-refractivity contribution in [3.05, 3.63) is 64.8 Å². The van der Waals surface area contributed by atoms with E-state index in [2.05, 4.69) is 21.9 Å². The van der Waals surface area contributed by atoms with Gasteiger partial charge in [-0.2, -0.15) is 0 Å². The van der Waals surface area contributed by atoms with Gasteiger partial charge in [-0.25, -0.2) is 19.3 Å². The molecule has 0 saturated carbocycles. The molecule has 1 atom stereocenters. The number of hydrogen-bond donors (Lipinski definition) is 1. The second-order valence-electron chi connectivity index (χ2n) is 7.09. The molecular formula is C21H18Cl2FN5O. The summed E-state index contributed by atoms with van der Waals surface area (Å²) in [4.78, 5) is 26.8. The Kier molecular flexibility index (Phi) is 5.83. The molecule has 6 nitrogen and oxygen atoms in total. The zero-order valence-corrected chi connectivity index (χ0v) is 17.4. The number of carbonyl (C=O) groups excluding carboxylic acids is 1. The van der Waals surface area contributed by atoms with E-state index >= 15 is 0 Å². The Morgan fingerprint density at radius 2 is 2.13 bits per heavy atom. The van der Waals surface area contributed by atoms with Gasteiger partial charge in [-0.1, -0.05) is 29.8 Å². The highest BCUT2D eigenvalue weighted by Gasteiger charge is 2.25. The van der Waals surface area contributed by atoms with E-state index < -0.39 is 5.82 Å². The number of likely N-dealkylation sites (tertiary alicyclic amines) is 1. The molecule has 1 amide bonds. The maximum atomic E-state index is 14.4. The second kappa shape index (κ2) is 8.53. The Bertz CT molecular complexity index is 1140. The van der Waals surface area contributed by atoms with Gasteiger partial charge >= 0.3 is 0 Å². The molecule has 1 saturated heterocycles. The molecule has 3 heterocycles. The van der Waals surface area contributed by atoms with Crippen molar-refractivity contribution in [2.45, 2.75) is 12.8 Å². The number of amides is 1. The van der Waals surface area contributed by atoms with Gasteiger partial charge in [0.1, 0.15) is 11.8 Å². The number of aromatic nitrogens is 3. The van der Waals surface area contributed by atoms with E-state index in [1.165, 1.54) is 24.5 Å². The number of benzene rings is 1. The summed E-state index contributed by atoms with van der Waals surface area (Å²) in [6.07, 6.45) is 4.35. The van der Waals surface area contributed by atoms with Crippen molar-refractivity contribution >= 4 is 51.6 Å². The molecule has 1 N–H and O–H groups in total. The van der Waals surface area contributed by atoms with Gasteiger partial charge in [0, 0.05) is 18.8 Å². The topological polar surface area (TPSA) is 71.0 Å². The summed E-state index contributed by atoms with van der Waals surface area (Å²) in [6.45, 7) is 4.94. The third kappa shape index (κ3) is 4.08. The van der Waals surface area contributed by atoms with Crippen LogP contribution in [0.3, 0.4) is 0 Å². The molecule has 1 aliphatic rings. The maximum Gasteiger partial charge on any atom is 0.245 e. The average molecular weight is 446 g/mol. The van der Waals surface area contributed by atoms with Crippen LogP contribution in [0.4, 0.5) is 15.9 Å². The number of fused-ring (bicyclic) bond motifs is 1. The highest BCUT2D eigenvalue weighted by molar-refractivity contribution is 6.42. The standard InChI is InChI=1S/C21H18Cl2FN5O/c1-2-17(30)29-8-7-12(10-29)9-13-3-5-16-20(27-13)21(26-11-25-16)28-15-6-4-14(22)18(23)19(15)24/h2-6,11-12H,1,7-10H2,(H,25,26,28). The van der Waals surface area contributed by atoms with E-state index in [4.69, 9.17) is 28.2 Å². The first-order valence-corrected chi connectivity index (χ1v) is 10.1. The summed E-state index contributed by atoms with van der Waals surface area (Å²) >= 11 is 11.8. The first-order chi connectivity index (χ1) is 14.5. The molecule has 0 spiro atoms. The van der Waals surface area contributed by atoms with Gasteiger partial charge in [-0.3, -0.25) is 4.79 Å². The SMILES string of the molecule is C=CC(=O)N1CCC(Cc2ccc3ncnc(Nc4ccc(Cl)c(Cl)c4F)c3n2)C1. The van der Waals surface area contributed by atoms with Crippen molar-refractivity contribution in [1.29, 1.82) is 0 Å². The van der Waals surface area contributed by atoms with Gasteiger partial charge in [0.15, 0.2) is 11.6 Å². The van der Waals surface area contributed by atoms with Crippen molar-refractivity contribution in [3.63, 3.8) is 0 Å². The Balaban J connectivity index is 1.59. The summed E-state index contributed by atoms with van der Waals surface area (Å²) in [6, 6.07) is 6.77. The van der Waals surface area contributed by atoms with Crippen LogP contribution in [0.1, 0.15) is 12.1 Å². The van der Waals surface area contributed by atoms with Crippen LogP contribution in [-0.4, -0.2) is 38.8 Å². The number of rotatable bonds is 5. The summed E-state index contributed by atoms with van der Waals surface area (Å²) in [5.41, 5.74) is 2.16. The Hall–Kier alpha value is -2.77. The van der Waals surface area contributed by atoms with E-state index in [1.54, 1.807) is 4.90 Å². The van der Waals surface area contributed by atoms with E-state index in [9.17, 15) is 9.18 Å². The molecule has 0 bridgehead atoms. The number of nitrogens with zero attached hydrogens (tertiary/aromatic N) is 4. The Morgan fingerprint density at radius 3 is 2.93 bits per heavy atom. The minimum absolute atomic E-state index is 0.0486. The second-order valence-corrected chi connectivity index (χ2v) is 7.87. The van der Waals surface area contributed by atoms with Gasteiger partial charge < -0.3 is 10.2 Å². The number of carbonyl (C=O) groups is 1. The van der Waals surface area contributed by atoms with Crippen LogP contribution in [0.15, 0.2) is 43.2 Å². The number of anilines is 2. The summed E-state index contributed by atoms with van der Waals surface area (Å²) in [5, 5.41) is 2.91. The van der Waals surface area contributed by atoms with Gasteiger partial charge in [0.25, 0.3) is 0 Å². The molecule has 1 aliphatic heterocycles. The maximum absolute atomic E-state index is 14.4. The van der Waals surface area contributed by atoms with Crippen LogP contribution in [-0.2, 0) is 11.2 Å². The Labute approximate surface area is 182 Å². The predicted molar refractivity (Wildman–Crippen MR) is 116 cm³/mol. The molecule has 30 heavy (non-hydrogen) atoms. The van der Waals surface area contributed by atoms with Crippen molar-refractivity contribution in [1.82, 2.24) is 19.9 Å². The molecule has 0 aliphatic carbocycles. The van der Waals surface area contributed by atoms with E-state index in [-0.39, 0.29) is 21.6 Å². The Morgan fingerprint density at radius 1 is 1.30 bits per heavy atom. The van der Waals surface area contributed by atoms with Crippen molar-refractivity contribution in [3.8, 4) is 0 Å². The monoisotopic (exact) mass is 445 g/mol. The average Bonchev–Trinajstić information content (AvgIpc) is 3.22. The van der Waals surface area contributed by atoms with Crippen LogP contribution in [0.5, 0.6) is 0 Å². The number of nitrogens with one attached hydrogen (secondary N) is 1. The fraction of sp³-hybridized carbons (Fsp3) is 0.238. The lowest BCUT2D eigenvalue weighted by atomic mass is 10.0. The van der Waals surface area contributed by atoms with Crippen LogP contribution < -0.4 is 5.32 Å². The van der Waals surface area contributed by atoms with Crippen molar-refractivity contribution < 1.29 is 9.18 Å². The molecule has 1 fully saturated rings. The number of hydrogen-bond acceptors (Lipinski definition) is 5. The molecule has 154 valence electrons. The molecule has 9 heteroatoms. The van der Waals surface area contributed by atoms with E-state index in [0.717, 1.165) is 18.7 Å². The largest absolute Gasteiger partial charge is 0.339 e. The van der Waals surface area contributed by atoms with Gasteiger partial charge in [-0.15, -0.1) is 0 Å². The van der Waals surface area contributed by atoms with Crippen LogP contribution in [0.2, 0.25) is 10.0 Å². The zero-order chi connectivity index (χ0) is 21.3. The molecule has 2 aromatic heterocycles. The molecular weight excluding hydrogens is 428 g/mol. The number of pyridine rings is 1. The third-order valence-electron chi connectivity index (χ3n) is 5.10.